The van der Waals surface area contributed by atoms with E-state index in [9.17, 15) is 4.79 Å². The molecule has 0 aliphatic carbocycles. The molecule has 2 nitrogen and oxygen atoms in total. The zero-order valence-electron chi connectivity index (χ0n) is 11.7. The third kappa shape index (κ3) is 3.58. The Morgan fingerprint density at radius 1 is 1.00 bits per heavy atom. The maximum absolute atomic E-state index is 11.7. The summed E-state index contributed by atoms with van der Waals surface area (Å²) in [5.74, 6) is 0.0579. The lowest BCUT2D eigenvalue weighted by Crippen LogP contribution is -2.29. The molecule has 0 aromatic heterocycles. The van der Waals surface area contributed by atoms with Crippen molar-refractivity contribution in [3.8, 4) is 0 Å². The maximum atomic E-state index is 11.7. The summed E-state index contributed by atoms with van der Waals surface area (Å²) < 4.78 is 0. The van der Waals surface area contributed by atoms with E-state index in [1.165, 1.54) is 11.1 Å². The van der Waals surface area contributed by atoms with E-state index in [-0.39, 0.29) is 11.8 Å². The van der Waals surface area contributed by atoms with E-state index in [0.717, 1.165) is 0 Å². The van der Waals surface area contributed by atoms with Gasteiger partial charge in [-0.3, -0.25) is 4.79 Å². The van der Waals surface area contributed by atoms with Gasteiger partial charge in [-0.15, -0.1) is 0 Å². The monoisotopic (exact) mass is 265 g/mol. The largest absolute Gasteiger partial charge is 0.351 e. The van der Waals surface area contributed by atoms with Crippen LogP contribution in [0.5, 0.6) is 0 Å². The van der Waals surface area contributed by atoms with E-state index in [1.54, 1.807) is 6.92 Å². The molecule has 1 amide bonds. The molecule has 2 heteroatoms. The topological polar surface area (TPSA) is 29.1 Å². The molecule has 1 N–H and O–H groups in total. The molecule has 0 spiro atoms. The van der Waals surface area contributed by atoms with E-state index in [0.29, 0.717) is 12.1 Å². The van der Waals surface area contributed by atoms with Crippen molar-refractivity contribution in [3.05, 3.63) is 83.9 Å². The molecule has 2 aromatic carbocycles. The SMILES string of the molecule is C=C(C)C(=O)NCC(c1ccccc1)c1ccccc1. The molecule has 0 saturated heterocycles. The Labute approximate surface area is 120 Å². The van der Waals surface area contributed by atoms with Crippen molar-refractivity contribution in [1.82, 2.24) is 5.32 Å². The first-order chi connectivity index (χ1) is 9.68. The summed E-state index contributed by atoms with van der Waals surface area (Å²) in [6.07, 6.45) is 0. The van der Waals surface area contributed by atoms with Gasteiger partial charge in [0.15, 0.2) is 0 Å². The van der Waals surface area contributed by atoms with Crippen molar-refractivity contribution in [1.29, 1.82) is 0 Å². The van der Waals surface area contributed by atoms with Gasteiger partial charge in [0, 0.05) is 18.0 Å². The van der Waals surface area contributed by atoms with Gasteiger partial charge in [-0.25, -0.2) is 0 Å². The van der Waals surface area contributed by atoms with Crippen LogP contribution in [-0.2, 0) is 4.79 Å². The van der Waals surface area contributed by atoms with Crippen LogP contribution in [0.3, 0.4) is 0 Å². The minimum absolute atomic E-state index is 0.0955. The number of rotatable bonds is 5. The van der Waals surface area contributed by atoms with Gasteiger partial charge in [-0.05, 0) is 18.1 Å². The summed E-state index contributed by atoms with van der Waals surface area (Å²) in [6, 6.07) is 20.4. The Morgan fingerprint density at radius 3 is 1.85 bits per heavy atom. The number of benzene rings is 2. The Balaban J connectivity index is 2.22. The van der Waals surface area contributed by atoms with Gasteiger partial charge in [0.05, 0.1) is 0 Å². The second-order valence-electron chi connectivity index (χ2n) is 4.86. The number of carbonyl (C=O) groups excluding carboxylic acids is 1. The first kappa shape index (κ1) is 14.1. The van der Waals surface area contributed by atoms with Gasteiger partial charge in [-0.2, -0.15) is 0 Å². The number of carbonyl (C=O) groups is 1. The smallest absolute Gasteiger partial charge is 0.246 e. The van der Waals surface area contributed by atoms with Crippen LogP contribution in [0, 0.1) is 0 Å². The molecule has 20 heavy (non-hydrogen) atoms. The fraction of sp³-hybridized carbons (Fsp3) is 0.167. The fourth-order valence-electron chi connectivity index (χ4n) is 2.14. The summed E-state index contributed by atoms with van der Waals surface area (Å²) in [7, 11) is 0. The van der Waals surface area contributed by atoms with Crippen molar-refractivity contribution in [2.45, 2.75) is 12.8 Å². The number of nitrogens with one attached hydrogen (secondary N) is 1. The zero-order valence-corrected chi connectivity index (χ0v) is 11.7. The van der Waals surface area contributed by atoms with Gasteiger partial charge in [-0.1, -0.05) is 67.2 Å². The van der Waals surface area contributed by atoms with Crippen molar-refractivity contribution < 1.29 is 4.79 Å². The molecular weight excluding hydrogens is 246 g/mol. The van der Waals surface area contributed by atoms with Gasteiger partial charge < -0.3 is 5.32 Å². The molecule has 2 rings (SSSR count). The molecule has 0 unspecified atom stereocenters. The van der Waals surface area contributed by atoms with Crippen LogP contribution in [0.15, 0.2) is 72.8 Å². The summed E-state index contributed by atoms with van der Waals surface area (Å²) in [4.78, 5) is 11.7. The molecular formula is C18H19NO. The lowest BCUT2D eigenvalue weighted by Gasteiger charge is -2.18. The van der Waals surface area contributed by atoms with Gasteiger partial charge >= 0.3 is 0 Å². The highest BCUT2D eigenvalue weighted by Gasteiger charge is 2.14. The van der Waals surface area contributed by atoms with E-state index in [1.807, 2.05) is 36.4 Å². The van der Waals surface area contributed by atoms with E-state index < -0.39 is 0 Å². The highest BCUT2D eigenvalue weighted by atomic mass is 16.1. The molecule has 102 valence electrons. The van der Waals surface area contributed by atoms with Crippen molar-refractivity contribution in [2.75, 3.05) is 6.54 Å². The molecule has 0 radical (unpaired) electrons. The van der Waals surface area contributed by atoms with Gasteiger partial charge in [0.1, 0.15) is 0 Å². The lowest BCUT2D eigenvalue weighted by atomic mass is 9.91. The van der Waals surface area contributed by atoms with Gasteiger partial charge in [0.25, 0.3) is 0 Å². The quantitative estimate of drug-likeness (QED) is 0.824. The first-order valence-corrected chi connectivity index (χ1v) is 6.72. The lowest BCUT2D eigenvalue weighted by molar-refractivity contribution is -0.117. The predicted octanol–water partition coefficient (Wildman–Crippen LogP) is 3.51. The zero-order chi connectivity index (χ0) is 14.4. The van der Waals surface area contributed by atoms with Crippen LogP contribution in [0.2, 0.25) is 0 Å². The average molecular weight is 265 g/mol. The molecule has 0 fully saturated rings. The molecule has 0 heterocycles. The Hall–Kier alpha value is -2.35. The molecule has 2 aromatic rings. The second kappa shape index (κ2) is 6.71. The van der Waals surface area contributed by atoms with E-state index in [4.69, 9.17) is 0 Å². The van der Waals surface area contributed by atoms with Crippen LogP contribution in [0.1, 0.15) is 24.0 Å². The van der Waals surface area contributed by atoms with Crippen LogP contribution in [-0.4, -0.2) is 12.5 Å². The summed E-state index contributed by atoms with van der Waals surface area (Å²) in [6.45, 7) is 5.95. The normalized spacial score (nSPS) is 10.3. The predicted molar refractivity (Wildman–Crippen MR) is 82.6 cm³/mol. The number of hydrogen-bond acceptors (Lipinski definition) is 1. The maximum Gasteiger partial charge on any atom is 0.246 e. The summed E-state index contributed by atoms with van der Waals surface area (Å²) >= 11 is 0. The molecule has 0 aliphatic rings. The second-order valence-corrected chi connectivity index (χ2v) is 4.86. The van der Waals surface area contributed by atoms with Crippen molar-refractivity contribution in [2.24, 2.45) is 0 Å². The Morgan fingerprint density at radius 2 is 1.45 bits per heavy atom. The highest BCUT2D eigenvalue weighted by molar-refractivity contribution is 5.92. The molecule has 0 bridgehead atoms. The van der Waals surface area contributed by atoms with E-state index >= 15 is 0 Å². The van der Waals surface area contributed by atoms with Crippen LogP contribution >= 0.6 is 0 Å². The molecule has 0 atom stereocenters. The minimum atomic E-state index is -0.0955. The first-order valence-electron chi connectivity index (χ1n) is 6.72. The number of hydrogen-bond donors (Lipinski definition) is 1. The van der Waals surface area contributed by atoms with Crippen LogP contribution in [0.25, 0.3) is 0 Å². The van der Waals surface area contributed by atoms with E-state index in [2.05, 4.69) is 36.2 Å². The Bertz CT molecular complexity index is 535. The summed E-state index contributed by atoms with van der Waals surface area (Å²) in [5, 5.41) is 2.94. The average Bonchev–Trinajstić information content (AvgIpc) is 2.49. The number of amides is 1. The van der Waals surface area contributed by atoms with Crippen LogP contribution in [0.4, 0.5) is 0 Å². The Kier molecular flexibility index (Phi) is 4.72. The molecule has 0 saturated carbocycles. The molecule has 0 aliphatic heterocycles. The third-order valence-corrected chi connectivity index (χ3v) is 3.26. The minimum Gasteiger partial charge on any atom is -0.351 e. The van der Waals surface area contributed by atoms with Crippen LogP contribution < -0.4 is 5.32 Å². The fourth-order valence-corrected chi connectivity index (χ4v) is 2.14. The summed E-state index contributed by atoms with van der Waals surface area (Å²) in [5.41, 5.74) is 2.92. The van der Waals surface area contributed by atoms with Gasteiger partial charge in [0.2, 0.25) is 5.91 Å². The standard InChI is InChI=1S/C18H19NO/c1-14(2)18(20)19-13-17(15-9-5-3-6-10-15)16-11-7-4-8-12-16/h3-12,17H,1,13H2,2H3,(H,19,20). The van der Waals surface area contributed by atoms with Crippen molar-refractivity contribution in [3.63, 3.8) is 0 Å². The highest BCUT2D eigenvalue weighted by Crippen LogP contribution is 2.23. The van der Waals surface area contributed by atoms with Crippen molar-refractivity contribution >= 4 is 5.91 Å². The third-order valence-electron chi connectivity index (χ3n) is 3.26.